The van der Waals surface area contributed by atoms with E-state index >= 15 is 0 Å². The van der Waals surface area contributed by atoms with Crippen molar-refractivity contribution in [3.8, 4) is 17.0 Å². The second-order valence-electron chi connectivity index (χ2n) is 6.91. The van der Waals surface area contributed by atoms with Crippen molar-refractivity contribution in [2.45, 2.75) is 33.4 Å². The number of carbonyl (C=O) groups is 1. The van der Waals surface area contributed by atoms with Gasteiger partial charge in [-0.05, 0) is 44.5 Å². The highest BCUT2D eigenvalue weighted by Gasteiger charge is 2.20. The van der Waals surface area contributed by atoms with Gasteiger partial charge in [-0.2, -0.15) is 10.2 Å². The minimum absolute atomic E-state index is 0.285. The summed E-state index contributed by atoms with van der Waals surface area (Å²) in [5.74, 6) is 0.467. The third kappa shape index (κ3) is 4.21. The molecule has 0 aliphatic rings. The molecule has 3 rings (SSSR count). The molecule has 8 heteroatoms. The molecule has 0 aliphatic heterocycles. The van der Waals surface area contributed by atoms with Crippen LogP contribution < -0.4 is 15.6 Å². The minimum Gasteiger partial charge on any atom is -0.497 e. The van der Waals surface area contributed by atoms with Crippen LogP contribution in [0, 0.1) is 13.8 Å². The lowest BCUT2D eigenvalue weighted by Gasteiger charge is -2.15. The zero-order valence-corrected chi connectivity index (χ0v) is 17.3. The first-order chi connectivity index (χ1) is 13.8. The van der Waals surface area contributed by atoms with Crippen molar-refractivity contribution in [3.63, 3.8) is 0 Å². The largest absolute Gasteiger partial charge is 0.497 e. The van der Waals surface area contributed by atoms with Crippen LogP contribution in [0.4, 0.5) is 0 Å². The molecule has 3 aromatic rings. The van der Waals surface area contributed by atoms with Crippen LogP contribution in [0.25, 0.3) is 11.3 Å². The number of ether oxygens (including phenoxy) is 1. The molecule has 0 bridgehead atoms. The number of rotatable bonds is 6. The molecule has 0 radical (unpaired) electrons. The van der Waals surface area contributed by atoms with E-state index in [9.17, 15) is 9.59 Å². The van der Waals surface area contributed by atoms with E-state index in [0.29, 0.717) is 12.2 Å². The van der Waals surface area contributed by atoms with Gasteiger partial charge in [-0.15, -0.1) is 0 Å². The SMILES string of the molecule is COc1ccc(CNC(=O)[C@H](C)n2nc(-c3c(C)nn(C)c3C)ccc2=O)cc1. The standard InChI is InChI=1S/C21H25N5O3/c1-13-20(14(2)25(4)23-13)18-10-11-19(27)26(24-18)15(3)21(28)22-12-16-6-8-17(29-5)9-7-16/h6-11,15H,12H2,1-5H3,(H,22,28)/t15-/m0/s1. The molecule has 152 valence electrons. The highest BCUT2D eigenvalue weighted by Crippen LogP contribution is 2.24. The van der Waals surface area contributed by atoms with E-state index < -0.39 is 6.04 Å². The smallest absolute Gasteiger partial charge is 0.267 e. The van der Waals surface area contributed by atoms with Crippen molar-refractivity contribution < 1.29 is 9.53 Å². The summed E-state index contributed by atoms with van der Waals surface area (Å²) in [6.07, 6.45) is 0. The zero-order chi connectivity index (χ0) is 21.1. The van der Waals surface area contributed by atoms with E-state index in [0.717, 1.165) is 28.3 Å². The van der Waals surface area contributed by atoms with Crippen molar-refractivity contribution in [2.75, 3.05) is 7.11 Å². The summed E-state index contributed by atoms with van der Waals surface area (Å²) in [5.41, 5.74) is 3.84. The highest BCUT2D eigenvalue weighted by molar-refractivity contribution is 5.79. The first-order valence-electron chi connectivity index (χ1n) is 9.33. The molecule has 1 atom stereocenters. The quantitative estimate of drug-likeness (QED) is 0.691. The van der Waals surface area contributed by atoms with E-state index in [2.05, 4.69) is 15.5 Å². The summed E-state index contributed by atoms with van der Waals surface area (Å²) in [6.45, 7) is 5.84. The van der Waals surface area contributed by atoms with Gasteiger partial charge >= 0.3 is 0 Å². The average Bonchev–Trinajstić information content (AvgIpc) is 2.98. The van der Waals surface area contributed by atoms with Crippen LogP contribution in [-0.4, -0.2) is 32.6 Å². The Balaban J connectivity index is 1.79. The molecular formula is C21H25N5O3. The van der Waals surface area contributed by atoms with E-state index in [1.165, 1.54) is 10.7 Å². The van der Waals surface area contributed by atoms with Crippen molar-refractivity contribution in [2.24, 2.45) is 7.05 Å². The predicted octanol–water partition coefficient (Wildman–Crippen LogP) is 2.15. The van der Waals surface area contributed by atoms with Gasteiger partial charge in [-0.3, -0.25) is 14.3 Å². The third-order valence-electron chi connectivity index (χ3n) is 4.96. The number of aryl methyl sites for hydroxylation is 2. The molecule has 0 aliphatic carbocycles. The highest BCUT2D eigenvalue weighted by atomic mass is 16.5. The van der Waals surface area contributed by atoms with E-state index in [1.54, 1.807) is 24.8 Å². The topological polar surface area (TPSA) is 91.0 Å². The summed E-state index contributed by atoms with van der Waals surface area (Å²) in [4.78, 5) is 25.0. The second-order valence-corrected chi connectivity index (χ2v) is 6.91. The van der Waals surface area contributed by atoms with Gasteiger partial charge in [0.2, 0.25) is 5.91 Å². The maximum Gasteiger partial charge on any atom is 0.267 e. The normalized spacial score (nSPS) is 11.9. The molecule has 1 N–H and O–H groups in total. The number of hydrogen-bond acceptors (Lipinski definition) is 5. The van der Waals surface area contributed by atoms with Crippen LogP contribution in [-0.2, 0) is 18.4 Å². The Labute approximate surface area is 169 Å². The maximum atomic E-state index is 12.6. The number of nitrogens with one attached hydrogen (secondary N) is 1. The fraction of sp³-hybridized carbons (Fsp3) is 0.333. The monoisotopic (exact) mass is 395 g/mol. The third-order valence-corrected chi connectivity index (χ3v) is 4.96. The lowest BCUT2D eigenvalue weighted by atomic mass is 10.1. The van der Waals surface area contributed by atoms with Gasteiger partial charge in [0, 0.05) is 30.9 Å². The number of hydrogen-bond donors (Lipinski definition) is 1. The van der Waals surface area contributed by atoms with Crippen LogP contribution in [0.15, 0.2) is 41.2 Å². The summed E-state index contributed by atoms with van der Waals surface area (Å²) in [7, 11) is 3.46. The van der Waals surface area contributed by atoms with Crippen LogP contribution in [0.1, 0.15) is 29.9 Å². The summed E-state index contributed by atoms with van der Waals surface area (Å²) >= 11 is 0. The van der Waals surface area contributed by atoms with Gasteiger partial charge < -0.3 is 10.1 Å². The van der Waals surface area contributed by atoms with Crippen LogP contribution in [0.3, 0.4) is 0 Å². The molecule has 8 nitrogen and oxygen atoms in total. The number of methoxy groups -OCH3 is 1. The van der Waals surface area contributed by atoms with Crippen molar-refractivity contribution >= 4 is 5.91 Å². The molecule has 2 heterocycles. The Morgan fingerprint density at radius 3 is 2.41 bits per heavy atom. The zero-order valence-electron chi connectivity index (χ0n) is 17.3. The second kappa shape index (κ2) is 8.30. The number of benzene rings is 1. The maximum absolute atomic E-state index is 12.6. The van der Waals surface area contributed by atoms with E-state index in [-0.39, 0.29) is 11.5 Å². The van der Waals surface area contributed by atoms with Crippen molar-refractivity contribution in [1.29, 1.82) is 0 Å². The van der Waals surface area contributed by atoms with Crippen LogP contribution in [0.2, 0.25) is 0 Å². The Bertz CT molecular complexity index is 1080. The summed E-state index contributed by atoms with van der Waals surface area (Å²) < 4.78 is 8.11. The van der Waals surface area contributed by atoms with Crippen LogP contribution >= 0.6 is 0 Å². The van der Waals surface area contributed by atoms with E-state index in [4.69, 9.17) is 4.74 Å². The minimum atomic E-state index is -0.752. The molecule has 0 saturated heterocycles. The average molecular weight is 395 g/mol. The number of amides is 1. The van der Waals surface area contributed by atoms with Gasteiger partial charge in [0.15, 0.2) is 0 Å². The van der Waals surface area contributed by atoms with Crippen LogP contribution in [0.5, 0.6) is 5.75 Å². The fourth-order valence-electron chi connectivity index (χ4n) is 3.17. The lowest BCUT2D eigenvalue weighted by Crippen LogP contribution is -2.36. The molecule has 0 unspecified atom stereocenters. The molecule has 0 fully saturated rings. The van der Waals surface area contributed by atoms with Gasteiger partial charge in [-0.1, -0.05) is 12.1 Å². The molecule has 1 amide bonds. The van der Waals surface area contributed by atoms with Crippen molar-refractivity contribution in [3.05, 3.63) is 63.7 Å². The Kier molecular flexibility index (Phi) is 5.81. The Hall–Kier alpha value is -3.42. The van der Waals surface area contributed by atoms with Gasteiger partial charge in [-0.25, -0.2) is 4.68 Å². The Morgan fingerprint density at radius 1 is 1.14 bits per heavy atom. The molecular weight excluding hydrogens is 370 g/mol. The lowest BCUT2D eigenvalue weighted by molar-refractivity contribution is -0.124. The fourth-order valence-corrected chi connectivity index (χ4v) is 3.17. The first kappa shape index (κ1) is 20.3. The Morgan fingerprint density at radius 2 is 1.83 bits per heavy atom. The van der Waals surface area contributed by atoms with Crippen molar-refractivity contribution in [1.82, 2.24) is 24.9 Å². The summed E-state index contributed by atoms with van der Waals surface area (Å²) in [6, 6.07) is 9.76. The van der Waals surface area contributed by atoms with Gasteiger partial charge in [0.25, 0.3) is 5.56 Å². The van der Waals surface area contributed by atoms with Gasteiger partial charge in [0.05, 0.1) is 18.5 Å². The molecule has 29 heavy (non-hydrogen) atoms. The first-order valence-corrected chi connectivity index (χ1v) is 9.33. The number of carbonyl (C=O) groups excluding carboxylic acids is 1. The molecule has 1 aromatic carbocycles. The summed E-state index contributed by atoms with van der Waals surface area (Å²) in [5, 5.41) is 11.7. The predicted molar refractivity (Wildman–Crippen MR) is 110 cm³/mol. The van der Waals surface area contributed by atoms with E-state index in [1.807, 2.05) is 45.2 Å². The molecule has 2 aromatic heterocycles. The molecule has 0 spiro atoms. The number of aromatic nitrogens is 4. The molecule has 0 saturated carbocycles. The van der Waals surface area contributed by atoms with Gasteiger partial charge in [0.1, 0.15) is 11.8 Å². The number of nitrogens with zero attached hydrogens (tertiary/aromatic N) is 4.